The minimum absolute atomic E-state index is 0.0906. The van der Waals surface area contributed by atoms with Gasteiger partial charge in [0.2, 0.25) is 11.7 Å². The molecule has 0 amide bonds. The second-order valence-corrected chi connectivity index (χ2v) is 7.22. The zero-order valence-electron chi connectivity index (χ0n) is 14.8. The molecule has 0 aliphatic rings. The van der Waals surface area contributed by atoms with Crippen LogP contribution in [0.15, 0.2) is 57.9 Å². The number of rotatable bonds is 8. The number of hydrogen-bond acceptors (Lipinski definition) is 8. The van der Waals surface area contributed by atoms with Gasteiger partial charge in [0.25, 0.3) is 10.1 Å². The summed E-state index contributed by atoms with van der Waals surface area (Å²) in [6.07, 6.45) is 0.378. The molecule has 0 aliphatic carbocycles. The maximum atomic E-state index is 11.6. The molecule has 3 rings (SSSR count). The molecule has 0 N–H and O–H groups in total. The van der Waals surface area contributed by atoms with E-state index in [9.17, 15) is 8.42 Å². The summed E-state index contributed by atoms with van der Waals surface area (Å²) in [5, 5.41) is 3.88. The standard InChI is InChI=1S/C18H18N2O6S/c1-23-14-5-7-15(8-6-14)25-12-17-19-18(26-20-17)11-13-3-9-16(10-4-13)27(21,22)24-2/h3-10H,11-12H2,1-2H3. The molecule has 0 radical (unpaired) electrons. The van der Waals surface area contributed by atoms with Gasteiger partial charge >= 0.3 is 0 Å². The highest BCUT2D eigenvalue weighted by Crippen LogP contribution is 2.18. The summed E-state index contributed by atoms with van der Waals surface area (Å²) in [5.41, 5.74) is 0.830. The SMILES string of the molecule is COc1ccc(OCc2noc(Cc3ccc(S(=O)(=O)OC)cc3)n2)cc1. The van der Waals surface area contributed by atoms with Crippen molar-refractivity contribution in [3.8, 4) is 11.5 Å². The van der Waals surface area contributed by atoms with Crippen molar-refractivity contribution in [2.75, 3.05) is 14.2 Å². The molecule has 142 valence electrons. The molecule has 9 heteroatoms. The second kappa shape index (κ2) is 8.19. The summed E-state index contributed by atoms with van der Waals surface area (Å²) in [5.74, 6) is 2.23. The van der Waals surface area contributed by atoms with Gasteiger partial charge in [-0.2, -0.15) is 13.4 Å². The molecular formula is C18H18N2O6S. The Labute approximate surface area is 156 Å². The number of nitrogens with zero attached hydrogens (tertiary/aromatic N) is 2. The maximum absolute atomic E-state index is 11.6. The van der Waals surface area contributed by atoms with Gasteiger partial charge in [-0.05, 0) is 42.0 Å². The van der Waals surface area contributed by atoms with Crippen LogP contribution in [0, 0.1) is 0 Å². The Bertz CT molecular complexity index is 981. The highest BCUT2D eigenvalue weighted by molar-refractivity contribution is 7.86. The molecule has 0 aliphatic heterocycles. The van der Waals surface area contributed by atoms with Crippen molar-refractivity contribution in [2.45, 2.75) is 17.9 Å². The summed E-state index contributed by atoms with van der Waals surface area (Å²) in [7, 11) is -0.977. The molecule has 0 saturated heterocycles. The summed E-state index contributed by atoms with van der Waals surface area (Å²) in [6.45, 7) is 0.168. The van der Waals surface area contributed by atoms with Crippen LogP contribution >= 0.6 is 0 Å². The van der Waals surface area contributed by atoms with Crippen molar-refractivity contribution in [2.24, 2.45) is 0 Å². The average molecular weight is 390 g/mol. The normalized spacial score (nSPS) is 11.3. The van der Waals surface area contributed by atoms with Gasteiger partial charge in [-0.1, -0.05) is 17.3 Å². The van der Waals surface area contributed by atoms with E-state index in [1.54, 1.807) is 43.5 Å². The third-order valence-electron chi connectivity index (χ3n) is 3.72. The van der Waals surface area contributed by atoms with Crippen molar-refractivity contribution in [3.05, 3.63) is 65.8 Å². The van der Waals surface area contributed by atoms with Gasteiger partial charge < -0.3 is 14.0 Å². The monoisotopic (exact) mass is 390 g/mol. The van der Waals surface area contributed by atoms with Crippen molar-refractivity contribution in [1.82, 2.24) is 10.1 Å². The number of benzene rings is 2. The zero-order chi connectivity index (χ0) is 19.3. The molecule has 1 aromatic heterocycles. The lowest BCUT2D eigenvalue weighted by Gasteiger charge is -2.04. The average Bonchev–Trinajstić information content (AvgIpc) is 3.14. The van der Waals surface area contributed by atoms with Crippen LogP contribution in [0.3, 0.4) is 0 Å². The smallest absolute Gasteiger partial charge is 0.296 e. The fourth-order valence-electron chi connectivity index (χ4n) is 2.29. The van der Waals surface area contributed by atoms with Crippen molar-refractivity contribution >= 4 is 10.1 Å². The highest BCUT2D eigenvalue weighted by atomic mass is 32.2. The molecule has 2 aromatic carbocycles. The minimum Gasteiger partial charge on any atom is -0.497 e. The fourth-order valence-corrected chi connectivity index (χ4v) is 2.95. The maximum Gasteiger partial charge on any atom is 0.296 e. The number of methoxy groups -OCH3 is 1. The van der Waals surface area contributed by atoms with Gasteiger partial charge in [0.05, 0.1) is 25.5 Å². The van der Waals surface area contributed by atoms with Crippen LogP contribution in [0.4, 0.5) is 0 Å². The summed E-state index contributed by atoms with van der Waals surface area (Å²) >= 11 is 0. The van der Waals surface area contributed by atoms with Crippen molar-refractivity contribution < 1.29 is 26.6 Å². The Kier molecular flexibility index (Phi) is 5.72. The number of hydrogen-bond donors (Lipinski definition) is 0. The summed E-state index contributed by atoms with van der Waals surface area (Å²) < 4.78 is 43.6. The van der Waals surface area contributed by atoms with E-state index in [4.69, 9.17) is 14.0 Å². The predicted molar refractivity (Wildman–Crippen MR) is 95.1 cm³/mol. The van der Waals surface area contributed by atoms with Gasteiger partial charge in [0.1, 0.15) is 11.5 Å². The second-order valence-electron chi connectivity index (χ2n) is 5.51. The topological polar surface area (TPSA) is 101 Å². The lowest BCUT2D eigenvalue weighted by Crippen LogP contribution is -2.02. The van der Waals surface area contributed by atoms with Crippen LogP contribution in [0.25, 0.3) is 0 Å². The van der Waals surface area contributed by atoms with E-state index >= 15 is 0 Å². The largest absolute Gasteiger partial charge is 0.497 e. The molecule has 27 heavy (non-hydrogen) atoms. The van der Waals surface area contributed by atoms with Crippen LogP contribution < -0.4 is 9.47 Å². The van der Waals surface area contributed by atoms with Crippen LogP contribution in [0.5, 0.6) is 11.5 Å². The summed E-state index contributed by atoms with van der Waals surface area (Å²) in [6, 6.07) is 13.4. The first kappa shape index (κ1) is 18.9. The first-order valence-corrected chi connectivity index (χ1v) is 9.39. The van der Waals surface area contributed by atoms with Gasteiger partial charge in [0.15, 0.2) is 6.61 Å². The lowest BCUT2D eigenvalue weighted by molar-refractivity contribution is 0.285. The summed E-state index contributed by atoms with van der Waals surface area (Å²) in [4.78, 5) is 4.36. The quantitative estimate of drug-likeness (QED) is 0.541. The van der Waals surface area contributed by atoms with Gasteiger partial charge in [-0.3, -0.25) is 4.18 Å². The van der Waals surface area contributed by atoms with Crippen LogP contribution in [-0.2, 0) is 27.3 Å². The molecule has 0 atom stereocenters. The molecular weight excluding hydrogens is 372 g/mol. The van der Waals surface area contributed by atoms with Crippen molar-refractivity contribution in [1.29, 1.82) is 0 Å². The van der Waals surface area contributed by atoms with Gasteiger partial charge in [-0.25, -0.2) is 0 Å². The van der Waals surface area contributed by atoms with Crippen LogP contribution in [0.1, 0.15) is 17.3 Å². The van der Waals surface area contributed by atoms with Crippen LogP contribution in [-0.4, -0.2) is 32.8 Å². The third-order valence-corrected chi connectivity index (χ3v) is 5.01. The van der Waals surface area contributed by atoms with Gasteiger partial charge in [-0.15, -0.1) is 0 Å². The Balaban J connectivity index is 1.59. The van der Waals surface area contributed by atoms with Crippen molar-refractivity contribution in [3.63, 3.8) is 0 Å². The zero-order valence-corrected chi connectivity index (χ0v) is 15.6. The Morgan fingerprint density at radius 3 is 2.26 bits per heavy atom. The molecule has 3 aromatic rings. The van der Waals surface area contributed by atoms with E-state index in [-0.39, 0.29) is 11.5 Å². The van der Waals surface area contributed by atoms with E-state index in [2.05, 4.69) is 14.3 Å². The van der Waals surface area contributed by atoms with E-state index in [1.807, 2.05) is 0 Å². The lowest BCUT2D eigenvalue weighted by atomic mass is 10.1. The first-order chi connectivity index (χ1) is 13.0. The molecule has 0 saturated carbocycles. The van der Waals surface area contributed by atoms with E-state index in [0.717, 1.165) is 18.4 Å². The molecule has 1 heterocycles. The molecule has 0 fully saturated rings. The third kappa shape index (κ3) is 4.83. The Morgan fingerprint density at radius 2 is 1.63 bits per heavy atom. The van der Waals surface area contributed by atoms with E-state index in [0.29, 0.717) is 23.9 Å². The Hall–Kier alpha value is -2.91. The number of aromatic nitrogens is 2. The van der Waals surface area contributed by atoms with Crippen LogP contribution in [0.2, 0.25) is 0 Å². The number of ether oxygens (including phenoxy) is 2. The minimum atomic E-state index is -3.70. The highest BCUT2D eigenvalue weighted by Gasteiger charge is 2.13. The molecule has 0 bridgehead atoms. The molecule has 8 nitrogen and oxygen atoms in total. The molecule has 0 spiro atoms. The van der Waals surface area contributed by atoms with Gasteiger partial charge in [0, 0.05) is 0 Å². The first-order valence-electron chi connectivity index (χ1n) is 7.98. The van der Waals surface area contributed by atoms with E-state index in [1.165, 1.54) is 12.1 Å². The van der Waals surface area contributed by atoms with E-state index < -0.39 is 10.1 Å². The predicted octanol–water partition coefficient (Wildman–Crippen LogP) is 2.58. The molecule has 0 unspecified atom stereocenters. The Morgan fingerprint density at radius 1 is 0.963 bits per heavy atom. The fraction of sp³-hybridized carbons (Fsp3) is 0.222.